The molecule has 3 nitrogen and oxygen atoms in total. The molecule has 16 heavy (non-hydrogen) atoms. The average molecular weight is 224 g/mol. The highest BCUT2D eigenvalue weighted by atomic mass is 19.3. The van der Waals surface area contributed by atoms with Crippen LogP contribution in [-0.2, 0) is 6.61 Å². The van der Waals surface area contributed by atoms with E-state index >= 15 is 0 Å². The molecular formula is C11H10F2N2O. The fourth-order valence-electron chi connectivity index (χ4n) is 1.48. The van der Waals surface area contributed by atoms with Gasteiger partial charge in [-0.1, -0.05) is 24.3 Å². The first-order valence-corrected chi connectivity index (χ1v) is 4.74. The lowest BCUT2D eigenvalue weighted by molar-refractivity contribution is 0.152. The third-order valence-corrected chi connectivity index (χ3v) is 2.25. The molecule has 1 aromatic heterocycles. The zero-order valence-electron chi connectivity index (χ0n) is 8.32. The molecule has 0 radical (unpaired) electrons. The highest BCUT2D eigenvalue weighted by Gasteiger charge is 2.15. The first kappa shape index (κ1) is 10.8. The zero-order valence-corrected chi connectivity index (χ0v) is 8.32. The Morgan fingerprint density at radius 3 is 2.69 bits per heavy atom. The number of benzene rings is 1. The standard InChI is InChI=1S/C11H10F2N2O/c12-10(13)8-3-1-2-4-9(8)11-14-5-7(6-16)15-11/h1-5,10,16H,6H2,(H,14,15). The molecule has 0 saturated carbocycles. The van der Waals surface area contributed by atoms with Crippen LogP contribution in [0.15, 0.2) is 30.5 Å². The Bertz CT molecular complexity index is 482. The number of imidazole rings is 1. The van der Waals surface area contributed by atoms with Crippen molar-refractivity contribution in [3.63, 3.8) is 0 Å². The second kappa shape index (κ2) is 4.40. The summed E-state index contributed by atoms with van der Waals surface area (Å²) in [6.07, 6.45) is -1.11. The molecule has 2 rings (SSSR count). The van der Waals surface area contributed by atoms with E-state index in [2.05, 4.69) is 9.97 Å². The predicted molar refractivity (Wildman–Crippen MR) is 54.9 cm³/mol. The summed E-state index contributed by atoms with van der Waals surface area (Å²) in [5, 5.41) is 8.86. The third-order valence-electron chi connectivity index (χ3n) is 2.25. The number of aliphatic hydroxyl groups excluding tert-OH is 1. The number of H-pyrrole nitrogens is 1. The smallest absolute Gasteiger partial charge is 0.264 e. The molecule has 0 saturated heterocycles. The van der Waals surface area contributed by atoms with Crippen LogP contribution in [-0.4, -0.2) is 15.1 Å². The Morgan fingerprint density at radius 2 is 2.06 bits per heavy atom. The van der Waals surface area contributed by atoms with Crippen molar-refractivity contribution in [2.24, 2.45) is 0 Å². The largest absolute Gasteiger partial charge is 0.390 e. The van der Waals surface area contributed by atoms with Crippen LogP contribution in [0.25, 0.3) is 11.4 Å². The van der Waals surface area contributed by atoms with Gasteiger partial charge in [-0.05, 0) is 0 Å². The molecule has 0 bridgehead atoms. The van der Waals surface area contributed by atoms with Crippen molar-refractivity contribution >= 4 is 0 Å². The van der Waals surface area contributed by atoms with Crippen molar-refractivity contribution in [3.05, 3.63) is 41.7 Å². The minimum Gasteiger partial charge on any atom is -0.390 e. The molecule has 0 fully saturated rings. The number of hydrogen-bond acceptors (Lipinski definition) is 2. The van der Waals surface area contributed by atoms with Gasteiger partial charge < -0.3 is 10.1 Å². The number of nitrogens with zero attached hydrogens (tertiary/aromatic N) is 1. The molecule has 1 heterocycles. The lowest BCUT2D eigenvalue weighted by atomic mass is 10.1. The van der Waals surface area contributed by atoms with E-state index in [-0.39, 0.29) is 12.2 Å². The lowest BCUT2D eigenvalue weighted by Gasteiger charge is -2.05. The van der Waals surface area contributed by atoms with Crippen LogP contribution in [0.1, 0.15) is 17.7 Å². The number of aromatic nitrogens is 2. The van der Waals surface area contributed by atoms with Crippen molar-refractivity contribution in [2.75, 3.05) is 0 Å². The van der Waals surface area contributed by atoms with Crippen LogP contribution < -0.4 is 0 Å². The van der Waals surface area contributed by atoms with Crippen molar-refractivity contribution in [1.29, 1.82) is 0 Å². The molecule has 2 aromatic rings. The van der Waals surface area contributed by atoms with Crippen molar-refractivity contribution < 1.29 is 13.9 Å². The van der Waals surface area contributed by atoms with Gasteiger partial charge in [0.1, 0.15) is 5.82 Å². The maximum absolute atomic E-state index is 12.7. The number of halogens is 2. The van der Waals surface area contributed by atoms with Gasteiger partial charge in [0, 0.05) is 11.1 Å². The summed E-state index contributed by atoms with van der Waals surface area (Å²) in [4.78, 5) is 6.73. The third kappa shape index (κ3) is 1.94. The van der Waals surface area contributed by atoms with Crippen molar-refractivity contribution in [2.45, 2.75) is 13.0 Å². The van der Waals surface area contributed by atoms with Crippen LogP contribution in [0.2, 0.25) is 0 Å². The van der Waals surface area contributed by atoms with Crippen molar-refractivity contribution in [1.82, 2.24) is 9.97 Å². The predicted octanol–water partition coefficient (Wildman–Crippen LogP) is 2.51. The molecule has 0 amide bonds. The summed E-state index contributed by atoms with van der Waals surface area (Å²) in [5.74, 6) is 0.347. The van der Waals surface area contributed by atoms with Gasteiger partial charge in [0.05, 0.1) is 18.5 Å². The molecule has 84 valence electrons. The molecular weight excluding hydrogens is 214 g/mol. The van der Waals surface area contributed by atoms with Crippen molar-refractivity contribution in [3.8, 4) is 11.4 Å². The van der Waals surface area contributed by atoms with E-state index in [0.717, 1.165) is 0 Å². The highest BCUT2D eigenvalue weighted by molar-refractivity contribution is 5.60. The van der Waals surface area contributed by atoms with Gasteiger partial charge in [0.25, 0.3) is 6.43 Å². The van der Waals surface area contributed by atoms with Gasteiger partial charge in [0.15, 0.2) is 0 Å². The zero-order chi connectivity index (χ0) is 11.5. The fraction of sp³-hybridized carbons (Fsp3) is 0.182. The fourth-order valence-corrected chi connectivity index (χ4v) is 1.48. The lowest BCUT2D eigenvalue weighted by Crippen LogP contribution is -1.91. The molecule has 0 atom stereocenters. The van der Waals surface area contributed by atoms with Gasteiger partial charge in [-0.15, -0.1) is 0 Å². The van der Waals surface area contributed by atoms with E-state index < -0.39 is 6.43 Å². The van der Waals surface area contributed by atoms with E-state index in [9.17, 15) is 8.78 Å². The van der Waals surface area contributed by atoms with Crippen LogP contribution in [0.5, 0.6) is 0 Å². The number of aliphatic hydroxyl groups is 1. The summed E-state index contributed by atoms with van der Waals surface area (Å²) in [6.45, 7) is -0.191. The summed E-state index contributed by atoms with van der Waals surface area (Å²) in [6, 6.07) is 6.16. The number of rotatable bonds is 3. The molecule has 0 spiro atoms. The Kier molecular flexibility index (Phi) is 2.96. The van der Waals surface area contributed by atoms with Crippen LogP contribution in [0.3, 0.4) is 0 Å². The SMILES string of the molecule is OCc1cnc(-c2ccccc2C(F)F)[nH]1. The average Bonchev–Trinajstić information content (AvgIpc) is 2.77. The number of nitrogens with one attached hydrogen (secondary N) is 1. The Morgan fingerprint density at radius 1 is 1.31 bits per heavy atom. The minimum absolute atomic E-state index is 0.0682. The van der Waals surface area contributed by atoms with E-state index in [1.165, 1.54) is 12.3 Å². The second-order valence-electron chi connectivity index (χ2n) is 3.30. The van der Waals surface area contributed by atoms with Crippen LogP contribution in [0, 0.1) is 0 Å². The molecule has 1 aromatic carbocycles. The topological polar surface area (TPSA) is 48.9 Å². The molecule has 0 aliphatic carbocycles. The summed E-state index contributed by atoms with van der Waals surface area (Å²) >= 11 is 0. The number of hydrogen-bond donors (Lipinski definition) is 2. The quantitative estimate of drug-likeness (QED) is 0.841. The summed E-state index contributed by atoms with van der Waals surface area (Å²) < 4.78 is 25.4. The van der Waals surface area contributed by atoms with Gasteiger partial charge in [0.2, 0.25) is 0 Å². The second-order valence-corrected chi connectivity index (χ2v) is 3.30. The van der Waals surface area contributed by atoms with Crippen LogP contribution >= 0.6 is 0 Å². The summed E-state index contributed by atoms with van der Waals surface area (Å²) in [7, 11) is 0. The van der Waals surface area contributed by atoms with Gasteiger partial charge in [-0.2, -0.15) is 0 Å². The van der Waals surface area contributed by atoms with Gasteiger partial charge >= 0.3 is 0 Å². The monoisotopic (exact) mass is 224 g/mol. The Balaban J connectivity index is 2.46. The first-order valence-electron chi connectivity index (χ1n) is 4.74. The molecule has 0 aliphatic rings. The maximum Gasteiger partial charge on any atom is 0.264 e. The van der Waals surface area contributed by atoms with Gasteiger partial charge in [-0.3, -0.25) is 0 Å². The van der Waals surface area contributed by atoms with E-state index in [0.29, 0.717) is 17.1 Å². The first-order chi connectivity index (χ1) is 7.72. The van der Waals surface area contributed by atoms with Gasteiger partial charge in [-0.25, -0.2) is 13.8 Å². The minimum atomic E-state index is -2.54. The number of aromatic amines is 1. The van der Waals surface area contributed by atoms with E-state index in [1.54, 1.807) is 18.2 Å². The molecule has 5 heteroatoms. The van der Waals surface area contributed by atoms with E-state index in [1.807, 2.05) is 0 Å². The molecule has 2 N–H and O–H groups in total. The number of alkyl halides is 2. The summed E-state index contributed by atoms with van der Waals surface area (Å²) in [5.41, 5.74) is 0.789. The highest BCUT2D eigenvalue weighted by Crippen LogP contribution is 2.28. The van der Waals surface area contributed by atoms with E-state index in [4.69, 9.17) is 5.11 Å². The molecule has 0 unspecified atom stereocenters. The normalized spacial score (nSPS) is 11.0. The van der Waals surface area contributed by atoms with Crippen LogP contribution in [0.4, 0.5) is 8.78 Å². The molecule has 0 aliphatic heterocycles. The maximum atomic E-state index is 12.7. The Labute approximate surface area is 90.8 Å². The Hall–Kier alpha value is -1.75.